The molecule has 0 spiro atoms. The van der Waals surface area contributed by atoms with Crippen LogP contribution in [-0.4, -0.2) is 33.5 Å². The van der Waals surface area contributed by atoms with Gasteiger partial charge in [-0.2, -0.15) is 0 Å². The minimum absolute atomic E-state index is 0.225. The fourth-order valence-electron chi connectivity index (χ4n) is 1.83. The molecule has 0 saturated heterocycles. The van der Waals surface area contributed by atoms with Gasteiger partial charge in [0.25, 0.3) is 0 Å². The Morgan fingerprint density at radius 2 is 2.05 bits per heavy atom. The Labute approximate surface area is 134 Å². The molecule has 0 atom stereocenters. The Balaban J connectivity index is 1.86. The lowest BCUT2D eigenvalue weighted by Gasteiger charge is -2.01. The van der Waals surface area contributed by atoms with Gasteiger partial charge in [-0.05, 0) is 18.4 Å². The first-order valence-corrected chi connectivity index (χ1v) is 8.51. The third-order valence-corrected chi connectivity index (χ3v) is 4.00. The predicted molar refractivity (Wildman–Crippen MR) is 87.8 cm³/mol. The van der Waals surface area contributed by atoms with E-state index in [9.17, 15) is 4.79 Å². The number of esters is 1. The summed E-state index contributed by atoms with van der Waals surface area (Å²) < 4.78 is 5.10. The minimum atomic E-state index is -0.225. The first-order valence-electron chi connectivity index (χ1n) is 7.53. The number of carbonyl (C=O) groups excluding carboxylic acids is 1. The third kappa shape index (κ3) is 4.87. The Hall–Kier alpha value is -1.82. The van der Waals surface area contributed by atoms with Gasteiger partial charge in [0, 0.05) is 5.56 Å². The Bertz CT molecular complexity index is 596. The molecular formula is C16H21N3O2S. The normalized spacial score (nSPS) is 10.6. The van der Waals surface area contributed by atoms with Crippen LogP contribution in [0.5, 0.6) is 0 Å². The van der Waals surface area contributed by atoms with Crippen molar-refractivity contribution in [3.05, 3.63) is 29.8 Å². The summed E-state index contributed by atoms with van der Waals surface area (Å²) in [5.74, 6) is 0.720. The topological polar surface area (TPSA) is 67.9 Å². The number of ether oxygens (including phenoxy) is 1. The molecule has 0 unspecified atom stereocenters. The monoisotopic (exact) mass is 319 g/mol. The van der Waals surface area contributed by atoms with E-state index in [-0.39, 0.29) is 11.7 Å². The number of H-pyrrole nitrogens is 1. The maximum Gasteiger partial charge on any atom is 0.316 e. The van der Waals surface area contributed by atoms with Crippen molar-refractivity contribution >= 4 is 17.7 Å². The van der Waals surface area contributed by atoms with Crippen LogP contribution in [0.3, 0.4) is 0 Å². The average Bonchev–Trinajstić information content (AvgIpc) is 3.02. The summed E-state index contributed by atoms with van der Waals surface area (Å²) in [5, 5.41) is 7.58. The maximum atomic E-state index is 11.5. The minimum Gasteiger partial charge on any atom is -0.465 e. The summed E-state index contributed by atoms with van der Waals surface area (Å²) in [5.41, 5.74) is 2.27. The van der Waals surface area contributed by atoms with Gasteiger partial charge in [0.05, 0.1) is 12.4 Å². The molecule has 5 nitrogen and oxygen atoms in total. The van der Waals surface area contributed by atoms with E-state index in [4.69, 9.17) is 4.74 Å². The molecule has 6 heteroatoms. The molecule has 2 rings (SSSR count). The maximum absolute atomic E-state index is 11.5. The summed E-state index contributed by atoms with van der Waals surface area (Å²) in [6, 6.07) is 8.20. The lowest BCUT2D eigenvalue weighted by atomic mass is 10.1. The second-order valence-corrected chi connectivity index (χ2v) is 5.82. The first-order chi connectivity index (χ1) is 10.7. The summed E-state index contributed by atoms with van der Waals surface area (Å²) in [4.78, 5) is 15.9. The molecule has 1 aromatic heterocycles. The quantitative estimate of drug-likeness (QED) is 0.458. The number of unbranched alkanes of at least 4 members (excludes halogenated alkanes) is 1. The Morgan fingerprint density at radius 3 is 2.73 bits per heavy atom. The fraction of sp³-hybridized carbons (Fsp3) is 0.438. The van der Waals surface area contributed by atoms with Crippen LogP contribution >= 0.6 is 11.8 Å². The lowest BCUT2D eigenvalue weighted by Crippen LogP contribution is -2.08. The van der Waals surface area contributed by atoms with E-state index >= 15 is 0 Å². The number of rotatable bonds is 8. The van der Waals surface area contributed by atoms with Crippen molar-refractivity contribution in [2.24, 2.45) is 0 Å². The molecule has 0 saturated carbocycles. The van der Waals surface area contributed by atoms with Crippen molar-refractivity contribution in [1.29, 1.82) is 0 Å². The van der Waals surface area contributed by atoms with E-state index in [2.05, 4.69) is 41.2 Å². The van der Waals surface area contributed by atoms with Crippen LogP contribution in [0, 0.1) is 0 Å². The first kappa shape index (κ1) is 16.5. The number of hydrogen-bond acceptors (Lipinski definition) is 5. The average molecular weight is 319 g/mol. The molecule has 118 valence electrons. The summed E-state index contributed by atoms with van der Waals surface area (Å²) in [6.45, 7) is 4.67. The highest BCUT2D eigenvalue weighted by molar-refractivity contribution is 7.99. The van der Waals surface area contributed by atoms with E-state index in [1.54, 1.807) is 0 Å². The highest BCUT2D eigenvalue weighted by Crippen LogP contribution is 2.19. The van der Waals surface area contributed by atoms with Gasteiger partial charge in [-0.25, -0.2) is 4.98 Å². The number of benzene rings is 1. The van der Waals surface area contributed by atoms with Gasteiger partial charge in [-0.15, -0.1) is 5.10 Å². The molecule has 1 N–H and O–H groups in total. The number of nitrogens with one attached hydrogen (secondary N) is 1. The standard InChI is InChI=1S/C16H21N3O2S/c1-3-5-10-21-14(20)11-22-16-17-15(18-19-16)13-8-6-12(4-2)7-9-13/h6-9H,3-5,10-11H2,1-2H3,(H,17,18,19). The van der Waals surface area contributed by atoms with Gasteiger partial charge in [0.15, 0.2) is 5.82 Å². The van der Waals surface area contributed by atoms with E-state index in [0.717, 1.165) is 24.8 Å². The highest BCUT2D eigenvalue weighted by atomic mass is 32.2. The molecule has 1 aromatic carbocycles. The molecule has 0 bridgehead atoms. The van der Waals surface area contributed by atoms with Crippen LogP contribution < -0.4 is 0 Å². The number of aryl methyl sites for hydroxylation is 1. The van der Waals surface area contributed by atoms with Crippen LogP contribution in [0.25, 0.3) is 11.4 Å². The number of aromatic nitrogens is 3. The number of carbonyl (C=O) groups is 1. The molecule has 0 radical (unpaired) electrons. The van der Waals surface area contributed by atoms with Gasteiger partial charge in [0.1, 0.15) is 0 Å². The fourth-order valence-corrected chi connectivity index (χ4v) is 2.43. The highest BCUT2D eigenvalue weighted by Gasteiger charge is 2.09. The second-order valence-electron chi connectivity index (χ2n) is 4.88. The van der Waals surface area contributed by atoms with Crippen molar-refractivity contribution in [3.63, 3.8) is 0 Å². The van der Waals surface area contributed by atoms with E-state index in [1.807, 2.05) is 12.1 Å². The molecule has 1 heterocycles. The summed E-state index contributed by atoms with van der Waals surface area (Å²) >= 11 is 1.28. The number of hydrogen-bond donors (Lipinski definition) is 1. The van der Waals surface area contributed by atoms with Gasteiger partial charge >= 0.3 is 5.97 Å². The number of thioether (sulfide) groups is 1. The van der Waals surface area contributed by atoms with Gasteiger partial charge < -0.3 is 4.74 Å². The zero-order valence-electron chi connectivity index (χ0n) is 13.0. The SMILES string of the molecule is CCCCOC(=O)CSc1n[nH]c(-c2ccc(CC)cc2)n1. The molecule has 0 aliphatic heterocycles. The smallest absolute Gasteiger partial charge is 0.316 e. The number of aromatic amines is 1. The molecule has 0 aliphatic carbocycles. The number of nitrogens with zero attached hydrogens (tertiary/aromatic N) is 2. The van der Waals surface area contributed by atoms with Gasteiger partial charge in [-0.1, -0.05) is 56.3 Å². The van der Waals surface area contributed by atoms with E-state index in [1.165, 1.54) is 17.3 Å². The molecule has 22 heavy (non-hydrogen) atoms. The second kappa shape index (κ2) is 8.58. The van der Waals surface area contributed by atoms with E-state index < -0.39 is 0 Å². The molecule has 0 fully saturated rings. The summed E-state index contributed by atoms with van der Waals surface area (Å²) in [6.07, 6.45) is 2.93. The summed E-state index contributed by atoms with van der Waals surface area (Å²) in [7, 11) is 0. The van der Waals surface area contributed by atoms with Crippen molar-refractivity contribution in [1.82, 2.24) is 15.2 Å². The van der Waals surface area contributed by atoms with Crippen molar-refractivity contribution in [2.75, 3.05) is 12.4 Å². The van der Waals surface area contributed by atoms with E-state index in [0.29, 0.717) is 17.6 Å². The molecule has 0 amide bonds. The third-order valence-electron chi connectivity index (χ3n) is 3.18. The van der Waals surface area contributed by atoms with Gasteiger partial charge in [-0.3, -0.25) is 9.89 Å². The van der Waals surface area contributed by atoms with Crippen molar-refractivity contribution in [3.8, 4) is 11.4 Å². The van der Waals surface area contributed by atoms with Crippen molar-refractivity contribution in [2.45, 2.75) is 38.3 Å². The van der Waals surface area contributed by atoms with Crippen LogP contribution in [-0.2, 0) is 16.0 Å². The zero-order valence-corrected chi connectivity index (χ0v) is 13.8. The molecule has 2 aromatic rings. The van der Waals surface area contributed by atoms with Crippen LogP contribution in [0.2, 0.25) is 0 Å². The lowest BCUT2D eigenvalue weighted by molar-refractivity contribution is -0.140. The van der Waals surface area contributed by atoms with Crippen LogP contribution in [0.1, 0.15) is 32.3 Å². The Kier molecular flexibility index (Phi) is 6.45. The molecular weight excluding hydrogens is 298 g/mol. The van der Waals surface area contributed by atoms with Crippen LogP contribution in [0.15, 0.2) is 29.4 Å². The predicted octanol–water partition coefficient (Wildman–Crippen LogP) is 3.47. The zero-order chi connectivity index (χ0) is 15.8. The van der Waals surface area contributed by atoms with Crippen LogP contribution in [0.4, 0.5) is 0 Å². The largest absolute Gasteiger partial charge is 0.465 e. The molecule has 0 aliphatic rings. The van der Waals surface area contributed by atoms with Crippen molar-refractivity contribution < 1.29 is 9.53 Å². The Morgan fingerprint density at radius 1 is 1.27 bits per heavy atom. The van der Waals surface area contributed by atoms with Gasteiger partial charge in [0.2, 0.25) is 5.16 Å².